The van der Waals surface area contributed by atoms with E-state index >= 15 is 0 Å². The maximum atomic E-state index is 13.5. The topological polar surface area (TPSA) is 66.9 Å². The molecule has 1 fully saturated rings. The summed E-state index contributed by atoms with van der Waals surface area (Å²) >= 11 is 0. The summed E-state index contributed by atoms with van der Waals surface area (Å²) in [5.74, 6) is 0. The SMILES string of the molecule is Cc1ccc(S(=O)(=O)N2CCOP2(=O)N(C(C)C)C(C)C)cc1. The predicted octanol–water partition coefficient (Wildman–Crippen LogP) is 3.24. The number of aryl methyl sites for hydroxylation is 1. The van der Waals surface area contributed by atoms with Crippen molar-refractivity contribution in [3.8, 4) is 0 Å². The van der Waals surface area contributed by atoms with Crippen LogP contribution in [0.25, 0.3) is 0 Å². The highest BCUT2D eigenvalue weighted by molar-refractivity contribution is 7.94. The third-order valence-electron chi connectivity index (χ3n) is 3.77. The molecule has 0 saturated carbocycles. The van der Waals surface area contributed by atoms with E-state index in [2.05, 4.69) is 0 Å². The van der Waals surface area contributed by atoms with E-state index in [0.717, 1.165) is 9.64 Å². The molecule has 8 heteroatoms. The number of hydrogen-bond donors (Lipinski definition) is 0. The van der Waals surface area contributed by atoms with Crippen molar-refractivity contribution < 1.29 is 17.5 Å². The van der Waals surface area contributed by atoms with Crippen LogP contribution in [0.2, 0.25) is 0 Å². The Hall–Kier alpha value is -0.720. The van der Waals surface area contributed by atoms with Gasteiger partial charge in [0.25, 0.3) is 10.0 Å². The molecule has 0 amide bonds. The molecule has 1 aliphatic rings. The zero-order chi connectivity index (χ0) is 17.4. The second kappa shape index (κ2) is 6.65. The molecule has 6 nitrogen and oxygen atoms in total. The first-order chi connectivity index (χ1) is 10.6. The quantitative estimate of drug-likeness (QED) is 0.754. The van der Waals surface area contributed by atoms with Crippen LogP contribution in [-0.2, 0) is 19.1 Å². The molecule has 1 heterocycles. The van der Waals surface area contributed by atoms with Gasteiger partial charge in [0, 0.05) is 18.6 Å². The van der Waals surface area contributed by atoms with Crippen LogP contribution in [0, 0.1) is 6.92 Å². The van der Waals surface area contributed by atoms with Gasteiger partial charge >= 0.3 is 7.67 Å². The Balaban J connectivity index is 2.48. The maximum Gasteiger partial charge on any atom is 0.360 e. The third-order valence-corrected chi connectivity index (χ3v) is 9.43. The second-order valence-corrected chi connectivity index (χ2v) is 10.6. The van der Waals surface area contributed by atoms with Crippen molar-refractivity contribution in [1.82, 2.24) is 8.75 Å². The van der Waals surface area contributed by atoms with Gasteiger partial charge in [0.2, 0.25) is 0 Å². The highest BCUT2D eigenvalue weighted by Gasteiger charge is 2.51. The smallest absolute Gasteiger partial charge is 0.304 e. The minimum Gasteiger partial charge on any atom is -0.304 e. The molecule has 0 spiro atoms. The molecule has 0 aromatic heterocycles. The van der Waals surface area contributed by atoms with Gasteiger partial charge in [-0.25, -0.2) is 13.1 Å². The van der Waals surface area contributed by atoms with E-state index in [1.165, 1.54) is 0 Å². The van der Waals surface area contributed by atoms with E-state index in [9.17, 15) is 13.0 Å². The summed E-state index contributed by atoms with van der Waals surface area (Å²) in [6, 6.07) is 6.35. The van der Waals surface area contributed by atoms with Crippen LogP contribution >= 0.6 is 7.67 Å². The van der Waals surface area contributed by atoms with E-state index in [0.29, 0.717) is 0 Å². The van der Waals surface area contributed by atoms with E-state index in [1.807, 2.05) is 34.6 Å². The fourth-order valence-corrected chi connectivity index (χ4v) is 7.99. The molecule has 0 aliphatic carbocycles. The fraction of sp³-hybridized carbons (Fsp3) is 0.600. The second-order valence-electron chi connectivity index (χ2n) is 6.26. The van der Waals surface area contributed by atoms with Crippen molar-refractivity contribution in [2.45, 2.75) is 51.6 Å². The fourth-order valence-electron chi connectivity index (χ4n) is 2.88. The Kier molecular flexibility index (Phi) is 5.38. The zero-order valence-electron chi connectivity index (χ0n) is 14.3. The monoisotopic (exact) mass is 360 g/mol. The Morgan fingerprint density at radius 2 is 1.65 bits per heavy atom. The summed E-state index contributed by atoms with van der Waals surface area (Å²) < 4.78 is 47.6. The number of rotatable bonds is 5. The van der Waals surface area contributed by atoms with Crippen molar-refractivity contribution in [1.29, 1.82) is 0 Å². The van der Waals surface area contributed by atoms with Crippen molar-refractivity contribution in [2.75, 3.05) is 13.2 Å². The van der Waals surface area contributed by atoms with Gasteiger partial charge in [-0.05, 0) is 46.8 Å². The van der Waals surface area contributed by atoms with Gasteiger partial charge in [0.1, 0.15) is 0 Å². The van der Waals surface area contributed by atoms with Crippen LogP contribution in [0.4, 0.5) is 0 Å². The standard InChI is InChI=1S/C15H25N2O4PS/c1-12(2)17(13(3)4)22(18)16(10-11-21-22)23(19,20)15-8-6-14(5)7-9-15/h6-9,12-13H,10-11H2,1-5H3. The summed E-state index contributed by atoms with van der Waals surface area (Å²) in [6.45, 7) is 9.67. The van der Waals surface area contributed by atoms with E-state index in [4.69, 9.17) is 4.52 Å². The minimum absolute atomic E-state index is 0.101. The first-order valence-electron chi connectivity index (χ1n) is 7.74. The Morgan fingerprint density at radius 3 is 2.13 bits per heavy atom. The molecule has 23 heavy (non-hydrogen) atoms. The first-order valence-corrected chi connectivity index (χ1v) is 10.7. The van der Waals surface area contributed by atoms with Gasteiger partial charge in [-0.3, -0.25) is 4.57 Å². The number of hydrogen-bond acceptors (Lipinski definition) is 4. The summed E-state index contributed by atoms with van der Waals surface area (Å²) in [5, 5.41) is 0. The molecule has 1 aromatic rings. The lowest BCUT2D eigenvalue weighted by Crippen LogP contribution is -2.40. The molecule has 2 rings (SSSR count). The molecule has 0 radical (unpaired) electrons. The number of benzene rings is 1. The summed E-state index contributed by atoms with van der Waals surface area (Å²) in [7, 11) is -7.49. The van der Waals surface area contributed by atoms with E-state index in [1.54, 1.807) is 28.9 Å². The van der Waals surface area contributed by atoms with Crippen LogP contribution in [0.3, 0.4) is 0 Å². The molecule has 130 valence electrons. The largest absolute Gasteiger partial charge is 0.360 e. The Labute approximate surface area is 139 Å². The Bertz CT molecular complexity index is 693. The van der Waals surface area contributed by atoms with Crippen LogP contribution in [0.1, 0.15) is 33.3 Å². The lowest BCUT2D eigenvalue weighted by atomic mass is 10.2. The van der Waals surface area contributed by atoms with E-state index in [-0.39, 0.29) is 30.1 Å². The van der Waals surface area contributed by atoms with Crippen LogP contribution in [-0.4, -0.2) is 42.4 Å². The average molecular weight is 360 g/mol. The van der Waals surface area contributed by atoms with Gasteiger partial charge in [-0.1, -0.05) is 17.7 Å². The van der Waals surface area contributed by atoms with Gasteiger partial charge in [0.15, 0.2) is 0 Å². The van der Waals surface area contributed by atoms with Crippen LogP contribution in [0.5, 0.6) is 0 Å². The van der Waals surface area contributed by atoms with Gasteiger partial charge in [-0.2, -0.15) is 0 Å². The third kappa shape index (κ3) is 3.39. The molecule has 1 aliphatic heterocycles. The maximum absolute atomic E-state index is 13.5. The lowest BCUT2D eigenvalue weighted by molar-refractivity contribution is 0.233. The lowest BCUT2D eigenvalue weighted by Gasteiger charge is -2.37. The van der Waals surface area contributed by atoms with Gasteiger partial charge in [0.05, 0.1) is 11.5 Å². The van der Waals surface area contributed by atoms with E-state index < -0.39 is 17.7 Å². The molecular weight excluding hydrogens is 335 g/mol. The highest BCUT2D eigenvalue weighted by atomic mass is 32.2. The molecule has 1 aromatic carbocycles. The van der Waals surface area contributed by atoms with Gasteiger partial charge in [-0.15, -0.1) is 4.08 Å². The zero-order valence-corrected chi connectivity index (χ0v) is 16.0. The Morgan fingerprint density at radius 1 is 1.13 bits per heavy atom. The van der Waals surface area contributed by atoms with Gasteiger partial charge < -0.3 is 4.52 Å². The van der Waals surface area contributed by atoms with Crippen molar-refractivity contribution in [3.05, 3.63) is 29.8 Å². The molecular formula is C15H25N2O4PS. The minimum atomic E-state index is -3.87. The first kappa shape index (κ1) is 18.6. The number of sulfonamides is 1. The van der Waals surface area contributed by atoms with Crippen LogP contribution in [0.15, 0.2) is 29.2 Å². The average Bonchev–Trinajstić information content (AvgIpc) is 2.81. The predicted molar refractivity (Wildman–Crippen MR) is 90.7 cm³/mol. The van der Waals surface area contributed by atoms with Crippen LogP contribution < -0.4 is 0 Å². The molecule has 1 saturated heterocycles. The number of nitrogens with zero attached hydrogens (tertiary/aromatic N) is 2. The summed E-state index contributed by atoms with van der Waals surface area (Å²) in [4.78, 5) is 0.140. The summed E-state index contributed by atoms with van der Waals surface area (Å²) in [5.41, 5.74) is 0.968. The summed E-state index contributed by atoms with van der Waals surface area (Å²) in [6.07, 6.45) is 0. The van der Waals surface area contributed by atoms with Crippen molar-refractivity contribution >= 4 is 17.7 Å². The molecule has 0 bridgehead atoms. The van der Waals surface area contributed by atoms with Crippen molar-refractivity contribution in [2.24, 2.45) is 0 Å². The molecule has 0 N–H and O–H groups in total. The highest BCUT2D eigenvalue weighted by Crippen LogP contribution is 2.61. The molecule has 1 unspecified atom stereocenters. The molecule has 1 atom stereocenters. The normalized spacial score (nSPS) is 23.3. The van der Waals surface area contributed by atoms with Crippen molar-refractivity contribution in [3.63, 3.8) is 0 Å².